The molecule has 0 radical (unpaired) electrons. The average molecular weight is 386 g/mol. The summed E-state index contributed by atoms with van der Waals surface area (Å²) in [6.45, 7) is 9.20. The number of nitrogens with one attached hydrogen (secondary N) is 2. The van der Waals surface area contributed by atoms with E-state index >= 15 is 0 Å². The molecule has 1 fully saturated rings. The van der Waals surface area contributed by atoms with Crippen LogP contribution in [0.25, 0.3) is 0 Å². The zero-order chi connectivity index (χ0) is 18.9. The van der Waals surface area contributed by atoms with Crippen molar-refractivity contribution in [2.75, 3.05) is 26.2 Å². The fourth-order valence-corrected chi connectivity index (χ4v) is 4.14. The van der Waals surface area contributed by atoms with Crippen molar-refractivity contribution < 1.29 is 0 Å². The third-order valence-corrected chi connectivity index (χ3v) is 6.04. The van der Waals surface area contributed by atoms with Crippen molar-refractivity contribution >= 4 is 17.3 Å². The summed E-state index contributed by atoms with van der Waals surface area (Å²) in [7, 11) is 0. The second-order valence-corrected chi connectivity index (χ2v) is 8.13. The van der Waals surface area contributed by atoms with Gasteiger partial charge in [0.1, 0.15) is 0 Å². The quantitative estimate of drug-likeness (QED) is 0.566. The largest absolute Gasteiger partial charge is 0.357 e. The molecule has 1 aliphatic heterocycles. The Kier molecular flexibility index (Phi) is 7.66. The highest BCUT2D eigenvalue weighted by atomic mass is 32.1. The van der Waals surface area contributed by atoms with E-state index in [4.69, 9.17) is 4.99 Å². The highest BCUT2D eigenvalue weighted by Gasteiger charge is 2.20. The number of pyridine rings is 1. The lowest BCUT2D eigenvalue weighted by atomic mass is 10.0. The number of rotatable bonds is 7. The summed E-state index contributed by atoms with van der Waals surface area (Å²) in [5.41, 5.74) is 1.15. The van der Waals surface area contributed by atoms with Crippen LogP contribution in [-0.4, -0.2) is 48.1 Å². The van der Waals surface area contributed by atoms with Gasteiger partial charge in [0, 0.05) is 49.2 Å². The van der Waals surface area contributed by atoms with E-state index in [0.717, 1.165) is 57.2 Å². The van der Waals surface area contributed by atoms with E-state index in [0.29, 0.717) is 12.0 Å². The molecule has 0 aliphatic carbocycles. The van der Waals surface area contributed by atoms with Crippen molar-refractivity contribution in [2.24, 2.45) is 4.99 Å². The van der Waals surface area contributed by atoms with E-state index in [1.807, 2.05) is 23.6 Å². The number of aliphatic imine (C=N–C) groups is 1. The van der Waals surface area contributed by atoms with Gasteiger partial charge in [0.05, 0.1) is 12.2 Å². The Balaban J connectivity index is 1.46. The van der Waals surface area contributed by atoms with Crippen molar-refractivity contribution in [3.8, 4) is 0 Å². The van der Waals surface area contributed by atoms with Gasteiger partial charge < -0.3 is 10.6 Å². The number of nitrogens with zero attached hydrogens (tertiary/aromatic N) is 3. The summed E-state index contributed by atoms with van der Waals surface area (Å²) in [5, 5.41) is 9.18. The summed E-state index contributed by atoms with van der Waals surface area (Å²) in [6.07, 6.45) is 4.15. The normalized spacial score (nSPS) is 17.6. The molecule has 6 heteroatoms. The van der Waals surface area contributed by atoms with Crippen LogP contribution in [0.5, 0.6) is 0 Å². The first-order valence-corrected chi connectivity index (χ1v) is 10.8. The molecule has 1 saturated heterocycles. The molecule has 0 amide bonds. The summed E-state index contributed by atoms with van der Waals surface area (Å²) in [5.74, 6) is 1.41. The minimum absolute atomic E-state index is 0.459. The van der Waals surface area contributed by atoms with Crippen LogP contribution in [0.4, 0.5) is 0 Å². The summed E-state index contributed by atoms with van der Waals surface area (Å²) in [4.78, 5) is 13.2. The van der Waals surface area contributed by atoms with E-state index in [1.54, 1.807) is 0 Å². The Morgan fingerprint density at radius 1 is 1.30 bits per heavy atom. The summed E-state index contributed by atoms with van der Waals surface area (Å²) in [6, 6.07) is 10.9. The van der Waals surface area contributed by atoms with Crippen LogP contribution in [0.2, 0.25) is 0 Å². The van der Waals surface area contributed by atoms with Gasteiger partial charge in [-0.05, 0) is 43.3 Å². The van der Waals surface area contributed by atoms with E-state index in [-0.39, 0.29) is 0 Å². The van der Waals surface area contributed by atoms with E-state index in [9.17, 15) is 0 Å². The Hall–Kier alpha value is -1.92. The molecule has 0 saturated carbocycles. The molecule has 3 rings (SSSR count). The van der Waals surface area contributed by atoms with Crippen LogP contribution in [0.1, 0.15) is 43.2 Å². The highest BCUT2D eigenvalue weighted by molar-refractivity contribution is 7.10. The van der Waals surface area contributed by atoms with Gasteiger partial charge in [-0.15, -0.1) is 11.3 Å². The van der Waals surface area contributed by atoms with E-state index in [2.05, 4.69) is 64.0 Å². The van der Waals surface area contributed by atoms with Crippen LogP contribution in [0.15, 0.2) is 46.9 Å². The standard InChI is InChI=1S/C21H31N5S/c1-3-22-21(24-15-17(2)20-8-6-14-27-20)25-18-9-12-26(13-10-18)16-19-7-4-5-11-23-19/h4-8,11,14,17-18H,3,9-10,12-13,15-16H2,1-2H3,(H2,22,24,25). The molecule has 3 heterocycles. The van der Waals surface area contributed by atoms with Gasteiger partial charge in [-0.3, -0.25) is 14.9 Å². The van der Waals surface area contributed by atoms with E-state index in [1.165, 1.54) is 4.88 Å². The Morgan fingerprint density at radius 3 is 2.81 bits per heavy atom. The Labute approximate surface area is 166 Å². The lowest BCUT2D eigenvalue weighted by Gasteiger charge is -2.33. The lowest BCUT2D eigenvalue weighted by Crippen LogP contribution is -2.48. The maximum Gasteiger partial charge on any atom is 0.191 e. The molecular weight excluding hydrogens is 354 g/mol. The van der Waals surface area contributed by atoms with Crippen LogP contribution in [0, 0.1) is 0 Å². The van der Waals surface area contributed by atoms with Gasteiger partial charge in [0.25, 0.3) is 0 Å². The number of guanidine groups is 1. The van der Waals surface area contributed by atoms with Crippen molar-refractivity contribution in [3.63, 3.8) is 0 Å². The van der Waals surface area contributed by atoms with Gasteiger partial charge in [-0.1, -0.05) is 19.1 Å². The van der Waals surface area contributed by atoms with Gasteiger partial charge in [0.2, 0.25) is 0 Å². The SMILES string of the molecule is CCNC(=NCC(C)c1cccs1)NC1CCN(Cc2ccccn2)CC1. The molecule has 146 valence electrons. The third kappa shape index (κ3) is 6.33. The predicted molar refractivity (Wildman–Crippen MR) is 114 cm³/mol. The number of piperidine rings is 1. The van der Waals surface area contributed by atoms with Crippen LogP contribution >= 0.6 is 11.3 Å². The number of hydrogen-bond donors (Lipinski definition) is 2. The number of thiophene rings is 1. The lowest BCUT2D eigenvalue weighted by molar-refractivity contribution is 0.196. The molecule has 0 spiro atoms. The molecule has 2 N–H and O–H groups in total. The van der Waals surface area contributed by atoms with Gasteiger partial charge >= 0.3 is 0 Å². The number of likely N-dealkylation sites (tertiary alicyclic amines) is 1. The highest BCUT2D eigenvalue weighted by Crippen LogP contribution is 2.20. The zero-order valence-electron chi connectivity index (χ0n) is 16.4. The van der Waals surface area contributed by atoms with Crippen molar-refractivity contribution in [1.82, 2.24) is 20.5 Å². The number of aromatic nitrogens is 1. The van der Waals surface area contributed by atoms with Crippen LogP contribution in [-0.2, 0) is 6.54 Å². The molecule has 27 heavy (non-hydrogen) atoms. The fraction of sp³-hybridized carbons (Fsp3) is 0.524. The monoisotopic (exact) mass is 385 g/mol. The second-order valence-electron chi connectivity index (χ2n) is 7.15. The average Bonchev–Trinajstić information content (AvgIpc) is 3.23. The molecular formula is C21H31N5S. The maximum absolute atomic E-state index is 4.83. The first kappa shape index (κ1) is 19.8. The van der Waals surface area contributed by atoms with Gasteiger partial charge in [0.15, 0.2) is 5.96 Å². The van der Waals surface area contributed by atoms with Gasteiger partial charge in [-0.2, -0.15) is 0 Å². The van der Waals surface area contributed by atoms with Crippen LogP contribution in [0.3, 0.4) is 0 Å². The first-order valence-electron chi connectivity index (χ1n) is 9.95. The fourth-order valence-electron chi connectivity index (χ4n) is 3.36. The summed E-state index contributed by atoms with van der Waals surface area (Å²) < 4.78 is 0. The second kappa shape index (κ2) is 10.4. The first-order chi connectivity index (χ1) is 13.2. The smallest absolute Gasteiger partial charge is 0.191 e. The molecule has 2 aromatic rings. The molecule has 1 aliphatic rings. The maximum atomic E-state index is 4.83. The zero-order valence-corrected chi connectivity index (χ0v) is 17.2. The minimum atomic E-state index is 0.459. The topological polar surface area (TPSA) is 52.6 Å². The minimum Gasteiger partial charge on any atom is -0.357 e. The van der Waals surface area contributed by atoms with E-state index < -0.39 is 0 Å². The molecule has 1 atom stereocenters. The molecule has 5 nitrogen and oxygen atoms in total. The molecule has 1 unspecified atom stereocenters. The van der Waals surface area contributed by atoms with Crippen LogP contribution < -0.4 is 10.6 Å². The Morgan fingerprint density at radius 2 is 2.15 bits per heavy atom. The van der Waals surface area contributed by atoms with Crippen molar-refractivity contribution in [2.45, 2.75) is 45.2 Å². The molecule has 0 aromatic carbocycles. The molecule has 0 bridgehead atoms. The van der Waals surface area contributed by atoms with Gasteiger partial charge in [-0.25, -0.2) is 0 Å². The predicted octanol–water partition coefficient (Wildman–Crippen LogP) is 3.47. The summed E-state index contributed by atoms with van der Waals surface area (Å²) >= 11 is 1.81. The Bertz CT molecular complexity index is 678. The van der Waals surface area contributed by atoms with Crippen molar-refractivity contribution in [1.29, 1.82) is 0 Å². The molecule has 2 aromatic heterocycles. The number of hydrogen-bond acceptors (Lipinski definition) is 4. The third-order valence-electron chi connectivity index (χ3n) is 4.94. The van der Waals surface area contributed by atoms with Crippen molar-refractivity contribution in [3.05, 3.63) is 52.5 Å².